The fraction of sp³-hybridized carbons (Fsp3) is 0.176. The van der Waals surface area contributed by atoms with Crippen LogP contribution < -0.4 is 5.32 Å². The highest BCUT2D eigenvalue weighted by Gasteiger charge is 2.15. The van der Waals surface area contributed by atoms with Gasteiger partial charge in [0.25, 0.3) is 0 Å². The fourth-order valence-electron chi connectivity index (χ4n) is 2.37. The van der Waals surface area contributed by atoms with Gasteiger partial charge in [0.05, 0.1) is 6.04 Å². The Morgan fingerprint density at radius 2 is 1.96 bits per heavy atom. The van der Waals surface area contributed by atoms with Crippen LogP contribution in [-0.2, 0) is 11.3 Å². The van der Waals surface area contributed by atoms with Crippen molar-refractivity contribution in [1.82, 2.24) is 25.5 Å². The van der Waals surface area contributed by atoms with Gasteiger partial charge in [-0.15, -0.1) is 10.2 Å². The highest BCUT2D eigenvalue weighted by atomic mass is 35.5. The van der Waals surface area contributed by atoms with Crippen LogP contribution in [0.3, 0.4) is 0 Å². The summed E-state index contributed by atoms with van der Waals surface area (Å²) >= 11 is 12.0. The molecule has 0 bridgehead atoms. The van der Waals surface area contributed by atoms with Crippen LogP contribution in [0.1, 0.15) is 18.5 Å². The van der Waals surface area contributed by atoms with Gasteiger partial charge in [0.15, 0.2) is 0 Å². The minimum atomic E-state index is -0.352. The van der Waals surface area contributed by atoms with Crippen molar-refractivity contribution in [1.29, 1.82) is 0 Å². The summed E-state index contributed by atoms with van der Waals surface area (Å²) in [5.74, 6) is -0.339. The van der Waals surface area contributed by atoms with Crippen LogP contribution in [0.2, 0.25) is 10.0 Å². The number of rotatable bonds is 5. The Kier molecular flexibility index (Phi) is 5.49. The van der Waals surface area contributed by atoms with Crippen LogP contribution in [0.4, 0.5) is 4.39 Å². The third kappa shape index (κ3) is 4.36. The van der Waals surface area contributed by atoms with Gasteiger partial charge >= 0.3 is 0 Å². The SMILES string of the molecule is CC(NC(=O)Cn1nnc(-c2ccc(F)cc2)n1)c1ccc(Cl)cc1Cl. The number of nitrogens with one attached hydrogen (secondary N) is 1. The number of nitrogens with zero attached hydrogens (tertiary/aromatic N) is 4. The molecular formula is C17H14Cl2FN5O. The average Bonchev–Trinajstić information content (AvgIpc) is 3.03. The van der Waals surface area contributed by atoms with Crippen LogP contribution in [0.25, 0.3) is 11.4 Å². The molecule has 3 aromatic rings. The molecule has 1 heterocycles. The lowest BCUT2D eigenvalue weighted by atomic mass is 10.1. The summed E-state index contributed by atoms with van der Waals surface area (Å²) in [5.41, 5.74) is 1.36. The van der Waals surface area contributed by atoms with E-state index in [2.05, 4.69) is 20.7 Å². The maximum atomic E-state index is 13.0. The molecule has 0 fully saturated rings. The second-order valence-corrected chi connectivity index (χ2v) is 6.45. The average molecular weight is 394 g/mol. The molecule has 0 spiro atoms. The van der Waals surface area contributed by atoms with E-state index in [9.17, 15) is 9.18 Å². The lowest BCUT2D eigenvalue weighted by molar-refractivity contribution is -0.122. The van der Waals surface area contributed by atoms with Crippen LogP contribution in [0, 0.1) is 5.82 Å². The number of aromatic nitrogens is 4. The van der Waals surface area contributed by atoms with Crippen LogP contribution in [-0.4, -0.2) is 26.1 Å². The molecule has 1 N–H and O–H groups in total. The Hall–Kier alpha value is -2.51. The van der Waals surface area contributed by atoms with E-state index in [1.165, 1.54) is 16.9 Å². The number of benzene rings is 2. The van der Waals surface area contributed by atoms with Gasteiger partial charge < -0.3 is 5.32 Å². The molecule has 9 heteroatoms. The molecule has 0 radical (unpaired) electrons. The van der Waals surface area contributed by atoms with Crippen molar-refractivity contribution >= 4 is 29.1 Å². The van der Waals surface area contributed by atoms with Crippen LogP contribution >= 0.6 is 23.2 Å². The van der Waals surface area contributed by atoms with Crippen molar-refractivity contribution in [2.45, 2.75) is 19.5 Å². The zero-order valence-electron chi connectivity index (χ0n) is 13.7. The fourth-order valence-corrected chi connectivity index (χ4v) is 2.94. The molecule has 1 aromatic heterocycles. The van der Waals surface area contributed by atoms with Crippen LogP contribution in [0.5, 0.6) is 0 Å². The Morgan fingerprint density at radius 1 is 1.23 bits per heavy atom. The van der Waals surface area contributed by atoms with E-state index in [0.29, 0.717) is 21.4 Å². The Labute approximate surface area is 158 Å². The maximum absolute atomic E-state index is 13.0. The number of amides is 1. The molecule has 26 heavy (non-hydrogen) atoms. The Bertz CT molecular complexity index is 929. The van der Waals surface area contributed by atoms with Crippen molar-refractivity contribution in [3.63, 3.8) is 0 Å². The van der Waals surface area contributed by atoms with Gasteiger partial charge in [-0.25, -0.2) is 4.39 Å². The van der Waals surface area contributed by atoms with Gasteiger partial charge in [0, 0.05) is 15.6 Å². The van der Waals surface area contributed by atoms with E-state index >= 15 is 0 Å². The first-order valence-electron chi connectivity index (χ1n) is 7.70. The molecule has 1 unspecified atom stereocenters. The quantitative estimate of drug-likeness (QED) is 0.717. The number of hydrogen-bond donors (Lipinski definition) is 1. The second kappa shape index (κ2) is 7.80. The number of carbonyl (C=O) groups excluding carboxylic acids is 1. The molecule has 3 rings (SSSR count). The Balaban J connectivity index is 1.64. The summed E-state index contributed by atoms with van der Waals surface area (Å²) in [4.78, 5) is 13.4. The van der Waals surface area contributed by atoms with Crippen LogP contribution in [0.15, 0.2) is 42.5 Å². The molecule has 134 valence electrons. The van der Waals surface area contributed by atoms with E-state index in [4.69, 9.17) is 23.2 Å². The minimum Gasteiger partial charge on any atom is -0.348 e. The number of tetrazole rings is 1. The molecule has 2 aromatic carbocycles. The van der Waals surface area contributed by atoms with E-state index in [1.807, 2.05) is 6.92 Å². The number of halogens is 3. The van der Waals surface area contributed by atoms with Crippen molar-refractivity contribution < 1.29 is 9.18 Å². The first kappa shape index (κ1) is 18.3. The zero-order chi connectivity index (χ0) is 18.7. The van der Waals surface area contributed by atoms with Crippen molar-refractivity contribution in [3.05, 3.63) is 63.9 Å². The Morgan fingerprint density at radius 3 is 2.65 bits per heavy atom. The smallest absolute Gasteiger partial charge is 0.244 e. The second-order valence-electron chi connectivity index (χ2n) is 5.61. The van der Waals surface area contributed by atoms with Crippen molar-refractivity contribution in [2.75, 3.05) is 0 Å². The molecule has 6 nitrogen and oxygen atoms in total. The molecule has 0 aliphatic heterocycles. The summed E-state index contributed by atoms with van der Waals surface area (Å²) in [5, 5.41) is 15.7. The monoisotopic (exact) mass is 393 g/mol. The maximum Gasteiger partial charge on any atom is 0.244 e. The molecule has 0 saturated heterocycles. The molecule has 0 aliphatic carbocycles. The highest BCUT2D eigenvalue weighted by molar-refractivity contribution is 6.35. The molecule has 1 amide bonds. The van der Waals surface area contributed by atoms with Crippen molar-refractivity contribution in [2.24, 2.45) is 0 Å². The van der Waals surface area contributed by atoms with Gasteiger partial charge in [-0.3, -0.25) is 4.79 Å². The van der Waals surface area contributed by atoms with E-state index in [-0.39, 0.29) is 24.3 Å². The first-order chi connectivity index (χ1) is 12.4. The van der Waals surface area contributed by atoms with Gasteiger partial charge in [-0.1, -0.05) is 29.3 Å². The topological polar surface area (TPSA) is 72.7 Å². The highest BCUT2D eigenvalue weighted by Crippen LogP contribution is 2.26. The number of hydrogen-bond acceptors (Lipinski definition) is 4. The largest absolute Gasteiger partial charge is 0.348 e. The van der Waals surface area contributed by atoms with Gasteiger partial charge in [-0.2, -0.15) is 4.80 Å². The normalized spacial score (nSPS) is 12.0. The summed E-state index contributed by atoms with van der Waals surface area (Å²) in [6, 6.07) is 10.5. The van der Waals surface area contributed by atoms with E-state index in [0.717, 1.165) is 5.56 Å². The number of carbonyl (C=O) groups is 1. The third-order valence-corrected chi connectivity index (χ3v) is 4.21. The first-order valence-corrected chi connectivity index (χ1v) is 8.46. The summed E-state index contributed by atoms with van der Waals surface area (Å²) in [6.45, 7) is 1.70. The standard InChI is InChI=1S/C17H14Cl2FN5O/c1-10(14-7-4-12(18)8-15(14)19)21-16(26)9-25-23-17(22-24-25)11-2-5-13(20)6-3-11/h2-8,10H,9H2,1H3,(H,21,26). The summed E-state index contributed by atoms with van der Waals surface area (Å²) < 4.78 is 13.0. The van der Waals surface area contributed by atoms with Gasteiger partial charge in [0.1, 0.15) is 12.4 Å². The lowest BCUT2D eigenvalue weighted by Gasteiger charge is -2.15. The van der Waals surface area contributed by atoms with E-state index < -0.39 is 0 Å². The molecule has 1 atom stereocenters. The van der Waals surface area contributed by atoms with Crippen molar-refractivity contribution in [3.8, 4) is 11.4 Å². The van der Waals surface area contributed by atoms with E-state index in [1.54, 1.807) is 30.3 Å². The third-order valence-electron chi connectivity index (χ3n) is 3.65. The predicted octanol–water partition coefficient (Wildman–Crippen LogP) is 3.66. The molecule has 0 aliphatic rings. The van der Waals surface area contributed by atoms with Gasteiger partial charge in [0.2, 0.25) is 11.7 Å². The summed E-state index contributed by atoms with van der Waals surface area (Å²) in [7, 11) is 0. The zero-order valence-corrected chi connectivity index (χ0v) is 15.2. The lowest BCUT2D eigenvalue weighted by Crippen LogP contribution is -2.31. The predicted molar refractivity (Wildman–Crippen MR) is 96.2 cm³/mol. The summed E-state index contributed by atoms with van der Waals surface area (Å²) in [6.07, 6.45) is 0. The van der Waals surface area contributed by atoms with Gasteiger partial charge in [-0.05, 0) is 54.1 Å². The molecular weight excluding hydrogens is 380 g/mol. The molecule has 0 saturated carbocycles. The minimum absolute atomic E-state index is 0.107.